The fourth-order valence-electron chi connectivity index (χ4n) is 4.57. The molecule has 1 aliphatic rings. The molecule has 8 nitrogen and oxygen atoms in total. The number of nitriles is 1. The van der Waals surface area contributed by atoms with Gasteiger partial charge in [-0.05, 0) is 72.6 Å². The summed E-state index contributed by atoms with van der Waals surface area (Å²) in [6, 6.07) is 25.1. The number of carbonyl (C=O) groups excluding carboxylic acids is 1. The van der Waals surface area contributed by atoms with Crippen molar-refractivity contribution in [2.45, 2.75) is 19.4 Å². The second-order valence-electron chi connectivity index (χ2n) is 9.30. The minimum atomic E-state index is -0.574. The largest absolute Gasteiger partial charge is 0.497 e. The van der Waals surface area contributed by atoms with Crippen LogP contribution in [0.5, 0.6) is 28.7 Å². The van der Waals surface area contributed by atoms with Gasteiger partial charge in [-0.3, -0.25) is 0 Å². The van der Waals surface area contributed by atoms with Crippen molar-refractivity contribution in [2.24, 2.45) is 5.73 Å². The van der Waals surface area contributed by atoms with Crippen LogP contribution in [0.1, 0.15) is 39.9 Å². The molecule has 4 aromatic carbocycles. The van der Waals surface area contributed by atoms with Crippen LogP contribution in [0, 0.1) is 17.1 Å². The Labute approximate surface area is 242 Å². The Morgan fingerprint density at radius 1 is 0.952 bits per heavy atom. The van der Waals surface area contributed by atoms with Crippen molar-refractivity contribution in [2.75, 3.05) is 13.7 Å². The van der Waals surface area contributed by atoms with Crippen molar-refractivity contribution in [1.82, 2.24) is 0 Å². The van der Waals surface area contributed by atoms with Gasteiger partial charge < -0.3 is 29.4 Å². The molecule has 0 aromatic heterocycles. The number of methoxy groups -OCH3 is 1. The van der Waals surface area contributed by atoms with Gasteiger partial charge in [0.15, 0.2) is 11.5 Å². The number of hydrogen-bond acceptors (Lipinski definition) is 8. The summed E-state index contributed by atoms with van der Waals surface area (Å²) >= 11 is 0. The van der Waals surface area contributed by atoms with E-state index in [1.165, 1.54) is 12.1 Å². The van der Waals surface area contributed by atoms with Gasteiger partial charge in [0.05, 0.1) is 25.2 Å². The van der Waals surface area contributed by atoms with E-state index >= 15 is 0 Å². The Balaban J connectivity index is 1.43. The first-order valence-corrected chi connectivity index (χ1v) is 13.1. The molecular formula is C33H27FN2O6. The third-order valence-electron chi connectivity index (χ3n) is 6.64. The molecule has 42 heavy (non-hydrogen) atoms. The predicted molar refractivity (Wildman–Crippen MR) is 152 cm³/mol. The van der Waals surface area contributed by atoms with Crippen LogP contribution in [-0.4, -0.2) is 19.7 Å². The van der Waals surface area contributed by atoms with E-state index in [0.29, 0.717) is 40.7 Å². The second kappa shape index (κ2) is 12.4. The number of nitrogens with two attached hydrogens (primary N) is 1. The number of ether oxygens (including phenoxy) is 5. The van der Waals surface area contributed by atoms with E-state index in [-0.39, 0.29) is 29.6 Å². The average Bonchev–Trinajstić information content (AvgIpc) is 3.00. The summed E-state index contributed by atoms with van der Waals surface area (Å²) in [6.07, 6.45) is 0. The van der Waals surface area contributed by atoms with Gasteiger partial charge in [-0.1, -0.05) is 24.3 Å². The highest BCUT2D eigenvalue weighted by atomic mass is 19.1. The van der Waals surface area contributed by atoms with Crippen LogP contribution >= 0.6 is 0 Å². The molecule has 1 atom stereocenters. The minimum Gasteiger partial charge on any atom is -0.497 e. The SMILES string of the molecule is CCOc1cc(C2C(C#N)=C(N)Oc3cc(OC(=O)c4ccc(OC)cc4)ccc32)ccc1OCc1ccc(F)cc1. The smallest absolute Gasteiger partial charge is 0.343 e. The van der Waals surface area contributed by atoms with Crippen molar-refractivity contribution in [1.29, 1.82) is 5.26 Å². The molecule has 0 bridgehead atoms. The predicted octanol–water partition coefficient (Wildman–Crippen LogP) is 6.25. The van der Waals surface area contributed by atoms with Gasteiger partial charge in [-0.25, -0.2) is 9.18 Å². The summed E-state index contributed by atoms with van der Waals surface area (Å²) in [6.45, 7) is 2.45. The minimum absolute atomic E-state index is 0.0526. The van der Waals surface area contributed by atoms with Crippen LogP contribution in [0.2, 0.25) is 0 Å². The molecule has 0 fully saturated rings. The highest BCUT2D eigenvalue weighted by Crippen LogP contribution is 2.45. The zero-order chi connectivity index (χ0) is 29.6. The maximum Gasteiger partial charge on any atom is 0.343 e. The molecule has 5 rings (SSSR count). The van der Waals surface area contributed by atoms with Gasteiger partial charge in [-0.15, -0.1) is 0 Å². The van der Waals surface area contributed by atoms with Gasteiger partial charge in [0.2, 0.25) is 5.88 Å². The summed E-state index contributed by atoms with van der Waals surface area (Å²) in [4.78, 5) is 12.7. The normalized spacial score (nSPS) is 13.8. The monoisotopic (exact) mass is 566 g/mol. The Hall–Kier alpha value is -5.49. The molecular weight excluding hydrogens is 539 g/mol. The molecule has 2 N–H and O–H groups in total. The van der Waals surface area contributed by atoms with Gasteiger partial charge in [0.25, 0.3) is 0 Å². The maximum atomic E-state index is 13.3. The molecule has 0 saturated heterocycles. The van der Waals surface area contributed by atoms with Crippen molar-refractivity contribution in [3.63, 3.8) is 0 Å². The molecule has 1 unspecified atom stereocenters. The summed E-state index contributed by atoms with van der Waals surface area (Å²) in [5, 5.41) is 9.98. The quantitative estimate of drug-likeness (QED) is 0.187. The second-order valence-corrected chi connectivity index (χ2v) is 9.30. The van der Waals surface area contributed by atoms with Crippen molar-refractivity contribution in [3.8, 4) is 34.8 Å². The van der Waals surface area contributed by atoms with Crippen LogP contribution in [0.15, 0.2) is 96.4 Å². The fourth-order valence-corrected chi connectivity index (χ4v) is 4.57. The third-order valence-corrected chi connectivity index (χ3v) is 6.64. The number of esters is 1. The van der Waals surface area contributed by atoms with Gasteiger partial charge in [-0.2, -0.15) is 5.26 Å². The third kappa shape index (κ3) is 5.98. The van der Waals surface area contributed by atoms with Gasteiger partial charge in [0, 0.05) is 11.6 Å². The molecule has 0 spiro atoms. The zero-order valence-electron chi connectivity index (χ0n) is 22.9. The summed E-state index contributed by atoms with van der Waals surface area (Å²) in [5.74, 6) is 0.697. The number of rotatable bonds is 9. The Morgan fingerprint density at radius 2 is 1.69 bits per heavy atom. The van der Waals surface area contributed by atoms with Crippen LogP contribution < -0.4 is 29.4 Å². The summed E-state index contributed by atoms with van der Waals surface area (Å²) in [5.41, 5.74) is 8.94. The first kappa shape index (κ1) is 28.1. The van der Waals surface area contributed by atoms with E-state index in [9.17, 15) is 14.4 Å². The maximum absolute atomic E-state index is 13.3. The standard InChI is InChI=1S/C33H27FN2O6/c1-3-39-30-16-22(8-15-28(30)40-19-20-4-9-23(34)10-5-20)31-26-14-13-25(17-29(26)42-32(36)27(31)18-35)41-33(37)21-6-11-24(38-2)12-7-21/h4-17,31H,3,19,36H2,1-2H3. The fraction of sp³-hybridized carbons (Fsp3) is 0.152. The number of hydrogen-bond donors (Lipinski definition) is 1. The number of benzene rings is 4. The molecule has 0 aliphatic carbocycles. The van der Waals surface area contributed by atoms with Crippen LogP contribution in [0.3, 0.4) is 0 Å². The molecule has 0 amide bonds. The first-order chi connectivity index (χ1) is 20.4. The van der Waals surface area contributed by atoms with Crippen LogP contribution in [-0.2, 0) is 6.61 Å². The average molecular weight is 567 g/mol. The molecule has 1 aliphatic heterocycles. The molecule has 0 radical (unpaired) electrons. The highest BCUT2D eigenvalue weighted by Gasteiger charge is 2.32. The number of carbonyl (C=O) groups is 1. The van der Waals surface area contributed by atoms with E-state index < -0.39 is 11.9 Å². The van der Waals surface area contributed by atoms with Gasteiger partial charge >= 0.3 is 5.97 Å². The Morgan fingerprint density at radius 3 is 2.38 bits per heavy atom. The molecule has 4 aromatic rings. The number of nitrogens with zero attached hydrogens (tertiary/aromatic N) is 1. The topological polar surface area (TPSA) is 113 Å². The molecule has 1 heterocycles. The van der Waals surface area contributed by atoms with E-state index in [1.807, 2.05) is 13.0 Å². The van der Waals surface area contributed by atoms with E-state index in [0.717, 1.165) is 11.1 Å². The molecule has 0 saturated carbocycles. The first-order valence-electron chi connectivity index (χ1n) is 13.1. The van der Waals surface area contributed by atoms with Crippen LogP contribution in [0.4, 0.5) is 4.39 Å². The lowest BCUT2D eigenvalue weighted by atomic mass is 9.83. The Kier molecular flexibility index (Phi) is 8.25. The van der Waals surface area contributed by atoms with Crippen molar-refractivity contribution < 1.29 is 32.9 Å². The van der Waals surface area contributed by atoms with Crippen molar-refractivity contribution >= 4 is 5.97 Å². The number of halogens is 1. The van der Waals surface area contributed by atoms with Gasteiger partial charge in [0.1, 0.15) is 41.3 Å². The van der Waals surface area contributed by atoms with E-state index in [2.05, 4.69) is 6.07 Å². The van der Waals surface area contributed by atoms with Crippen molar-refractivity contribution in [3.05, 3.63) is 124 Å². The molecule has 9 heteroatoms. The van der Waals surface area contributed by atoms with E-state index in [1.54, 1.807) is 73.8 Å². The Bertz CT molecular complexity index is 1680. The lowest BCUT2D eigenvalue weighted by Gasteiger charge is -2.27. The lowest BCUT2D eigenvalue weighted by Crippen LogP contribution is -2.21. The number of fused-ring (bicyclic) bond motifs is 1. The zero-order valence-corrected chi connectivity index (χ0v) is 22.9. The summed E-state index contributed by atoms with van der Waals surface area (Å²) < 4.78 is 41.6. The lowest BCUT2D eigenvalue weighted by molar-refractivity contribution is 0.0734. The van der Waals surface area contributed by atoms with Crippen LogP contribution in [0.25, 0.3) is 0 Å². The highest BCUT2D eigenvalue weighted by molar-refractivity contribution is 5.91. The summed E-state index contributed by atoms with van der Waals surface area (Å²) in [7, 11) is 1.54. The number of allylic oxidation sites excluding steroid dienone is 1. The molecule has 212 valence electrons. The van der Waals surface area contributed by atoms with E-state index in [4.69, 9.17) is 29.4 Å².